The number of nitrogens with zero attached hydrogens (tertiary/aromatic N) is 2. The number of nitrogens with one attached hydrogen (secondary N) is 1. The zero-order valence-corrected chi connectivity index (χ0v) is 11.1. The van der Waals surface area contributed by atoms with Crippen molar-refractivity contribution in [2.75, 3.05) is 26.3 Å². The molecule has 5 nitrogen and oxygen atoms in total. The highest BCUT2D eigenvalue weighted by Crippen LogP contribution is 2.32. The second-order valence-electron chi connectivity index (χ2n) is 5.42. The minimum atomic E-state index is -2.97. The highest BCUT2D eigenvalue weighted by Gasteiger charge is 2.39. The number of aromatic amines is 1. The number of hydrogen-bond donors (Lipinski definition) is 1. The van der Waals surface area contributed by atoms with Gasteiger partial charge in [-0.3, -0.25) is 9.89 Å². The maximum Gasteiger partial charge on any atom is 0.288 e. The Labute approximate surface area is 115 Å². The summed E-state index contributed by atoms with van der Waals surface area (Å²) in [5.41, 5.74) is 1.81. The lowest BCUT2D eigenvalue weighted by Gasteiger charge is -2.29. The first-order valence-corrected chi connectivity index (χ1v) is 6.83. The number of amides is 1. The van der Waals surface area contributed by atoms with Gasteiger partial charge in [-0.15, -0.1) is 0 Å². The van der Waals surface area contributed by atoms with Crippen LogP contribution in [0.15, 0.2) is 6.20 Å². The molecule has 7 heteroatoms. The normalized spacial score (nSPS) is 25.9. The van der Waals surface area contributed by atoms with Crippen molar-refractivity contribution in [3.63, 3.8) is 0 Å². The average Bonchev–Trinajstić information content (AvgIpc) is 2.82. The molecule has 0 spiro atoms. The van der Waals surface area contributed by atoms with Crippen molar-refractivity contribution in [1.29, 1.82) is 0 Å². The van der Waals surface area contributed by atoms with Crippen molar-refractivity contribution in [2.24, 2.45) is 0 Å². The van der Waals surface area contributed by atoms with Crippen LogP contribution in [0.1, 0.15) is 30.0 Å². The Morgan fingerprint density at radius 2 is 2.40 bits per heavy atom. The molecule has 1 saturated heterocycles. The lowest BCUT2D eigenvalue weighted by molar-refractivity contribution is -0.137. The van der Waals surface area contributed by atoms with Crippen LogP contribution in [0.5, 0.6) is 0 Å². The molecule has 2 heterocycles. The Balaban J connectivity index is 1.79. The van der Waals surface area contributed by atoms with Crippen LogP contribution in [0.25, 0.3) is 0 Å². The van der Waals surface area contributed by atoms with Crippen molar-refractivity contribution in [3.05, 3.63) is 17.5 Å². The molecule has 1 fully saturated rings. The van der Waals surface area contributed by atoms with Crippen LogP contribution in [0.2, 0.25) is 0 Å². The lowest BCUT2D eigenvalue weighted by Crippen LogP contribution is -2.43. The highest BCUT2D eigenvalue weighted by atomic mass is 19.3. The SMILES string of the molecule is O=C(C1CCCc2[nH]ncc21)N1CCOCC(F)(F)C1. The van der Waals surface area contributed by atoms with Gasteiger partial charge >= 0.3 is 0 Å². The Morgan fingerprint density at radius 1 is 1.55 bits per heavy atom. The van der Waals surface area contributed by atoms with E-state index in [1.165, 1.54) is 4.90 Å². The monoisotopic (exact) mass is 285 g/mol. The summed E-state index contributed by atoms with van der Waals surface area (Å²) in [6, 6.07) is 0. The Bertz CT molecular complexity index is 504. The Kier molecular flexibility index (Phi) is 3.45. The number of halogens is 2. The fourth-order valence-corrected chi connectivity index (χ4v) is 2.93. The Morgan fingerprint density at radius 3 is 3.25 bits per heavy atom. The zero-order valence-electron chi connectivity index (χ0n) is 11.1. The summed E-state index contributed by atoms with van der Waals surface area (Å²) in [4.78, 5) is 13.8. The smallest absolute Gasteiger partial charge is 0.288 e. The summed E-state index contributed by atoms with van der Waals surface area (Å²) in [7, 11) is 0. The highest BCUT2D eigenvalue weighted by molar-refractivity contribution is 5.84. The first-order chi connectivity index (χ1) is 9.57. The van der Waals surface area contributed by atoms with Crippen molar-refractivity contribution in [2.45, 2.75) is 31.1 Å². The Hall–Kier alpha value is -1.50. The van der Waals surface area contributed by atoms with E-state index in [2.05, 4.69) is 10.2 Å². The molecule has 0 aromatic carbocycles. The second-order valence-corrected chi connectivity index (χ2v) is 5.42. The molecular formula is C13H17F2N3O2. The summed E-state index contributed by atoms with van der Waals surface area (Å²) in [5.74, 6) is -3.57. The molecule has 110 valence electrons. The second kappa shape index (κ2) is 5.12. The third-order valence-corrected chi connectivity index (χ3v) is 3.90. The molecule has 1 unspecified atom stereocenters. The molecule has 1 aromatic rings. The molecule has 2 aliphatic rings. The summed E-state index contributed by atoms with van der Waals surface area (Å²) in [6.45, 7) is -0.793. The lowest BCUT2D eigenvalue weighted by atomic mass is 9.86. The molecule has 0 radical (unpaired) electrons. The summed E-state index contributed by atoms with van der Waals surface area (Å²) in [5, 5.41) is 6.84. The van der Waals surface area contributed by atoms with Gasteiger partial charge in [-0.05, 0) is 19.3 Å². The number of rotatable bonds is 1. The minimum absolute atomic E-state index is 0.159. The van der Waals surface area contributed by atoms with E-state index in [9.17, 15) is 13.6 Å². The van der Waals surface area contributed by atoms with Crippen LogP contribution < -0.4 is 0 Å². The number of H-pyrrole nitrogens is 1. The van der Waals surface area contributed by atoms with Gasteiger partial charge in [0.25, 0.3) is 5.92 Å². The van der Waals surface area contributed by atoms with Crippen molar-refractivity contribution in [1.82, 2.24) is 15.1 Å². The minimum Gasteiger partial charge on any atom is -0.373 e. The first kappa shape index (κ1) is 13.5. The third-order valence-electron chi connectivity index (χ3n) is 3.90. The number of aromatic nitrogens is 2. The van der Waals surface area contributed by atoms with E-state index in [1.807, 2.05) is 0 Å². The molecule has 3 rings (SSSR count). The maximum atomic E-state index is 13.5. The van der Waals surface area contributed by atoms with E-state index in [4.69, 9.17) is 4.74 Å². The fourth-order valence-electron chi connectivity index (χ4n) is 2.93. The van der Waals surface area contributed by atoms with Crippen molar-refractivity contribution >= 4 is 5.91 Å². The van der Waals surface area contributed by atoms with E-state index in [-0.39, 0.29) is 25.0 Å². The maximum absolute atomic E-state index is 13.5. The number of hydrogen-bond acceptors (Lipinski definition) is 3. The fraction of sp³-hybridized carbons (Fsp3) is 0.692. The van der Waals surface area contributed by atoms with Crippen LogP contribution in [-0.2, 0) is 16.0 Å². The molecule has 0 bridgehead atoms. The predicted octanol–water partition coefficient (Wildman–Crippen LogP) is 1.32. The first-order valence-electron chi connectivity index (χ1n) is 6.83. The topological polar surface area (TPSA) is 58.2 Å². The van der Waals surface area contributed by atoms with Gasteiger partial charge in [0, 0.05) is 17.8 Å². The number of alkyl halides is 2. The zero-order chi connectivity index (χ0) is 14.2. The molecular weight excluding hydrogens is 268 g/mol. The van der Waals surface area contributed by atoms with Gasteiger partial charge in [-0.25, -0.2) is 8.78 Å². The number of aryl methyl sites for hydroxylation is 1. The van der Waals surface area contributed by atoms with Gasteiger partial charge in [-0.2, -0.15) is 5.10 Å². The number of ether oxygens (including phenoxy) is 1. The number of fused-ring (bicyclic) bond motifs is 1. The van der Waals surface area contributed by atoms with Gasteiger partial charge in [0.1, 0.15) is 6.61 Å². The van der Waals surface area contributed by atoms with Gasteiger partial charge in [0.2, 0.25) is 5.91 Å². The van der Waals surface area contributed by atoms with Crippen LogP contribution in [-0.4, -0.2) is 53.2 Å². The molecule has 1 aliphatic carbocycles. The standard InChI is InChI=1S/C13H17F2N3O2/c14-13(15)7-18(4-5-20-8-13)12(19)9-2-1-3-11-10(9)6-16-17-11/h6,9H,1-5,7-8H2,(H,16,17). The van der Waals surface area contributed by atoms with Gasteiger partial charge in [0.15, 0.2) is 0 Å². The van der Waals surface area contributed by atoms with E-state index in [0.717, 1.165) is 24.1 Å². The van der Waals surface area contributed by atoms with E-state index < -0.39 is 19.1 Å². The molecule has 20 heavy (non-hydrogen) atoms. The largest absolute Gasteiger partial charge is 0.373 e. The van der Waals surface area contributed by atoms with E-state index >= 15 is 0 Å². The quantitative estimate of drug-likeness (QED) is 0.846. The van der Waals surface area contributed by atoms with Crippen LogP contribution in [0, 0.1) is 0 Å². The van der Waals surface area contributed by atoms with Crippen molar-refractivity contribution in [3.8, 4) is 0 Å². The number of carbonyl (C=O) groups is 1. The van der Waals surface area contributed by atoms with Gasteiger partial charge in [0.05, 0.1) is 25.3 Å². The average molecular weight is 285 g/mol. The number of carbonyl (C=O) groups excluding carboxylic acids is 1. The summed E-state index contributed by atoms with van der Waals surface area (Å²) < 4.78 is 32.0. The summed E-state index contributed by atoms with van der Waals surface area (Å²) in [6.07, 6.45) is 4.06. The van der Waals surface area contributed by atoms with Crippen LogP contribution in [0.4, 0.5) is 8.78 Å². The van der Waals surface area contributed by atoms with Gasteiger partial charge in [-0.1, -0.05) is 0 Å². The van der Waals surface area contributed by atoms with Crippen LogP contribution >= 0.6 is 0 Å². The molecule has 1 aliphatic heterocycles. The van der Waals surface area contributed by atoms with E-state index in [1.54, 1.807) is 6.20 Å². The molecule has 1 N–H and O–H groups in total. The van der Waals surface area contributed by atoms with E-state index in [0.29, 0.717) is 6.42 Å². The van der Waals surface area contributed by atoms with Crippen LogP contribution in [0.3, 0.4) is 0 Å². The van der Waals surface area contributed by atoms with Gasteiger partial charge < -0.3 is 9.64 Å². The molecule has 0 saturated carbocycles. The molecule has 1 atom stereocenters. The molecule has 1 amide bonds. The molecule has 1 aromatic heterocycles. The van der Waals surface area contributed by atoms with Crippen molar-refractivity contribution < 1.29 is 18.3 Å². The third kappa shape index (κ3) is 2.54. The summed E-state index contributed by atoms with van der Waals surface area (Å²) >= 11 is 0. The predicted molar refractivity (Wildman–Crippen MR) is 66.6 cm³/mol.